The highest BCUT2D eigenvalue weighted by Gasteiger charge is 2.03. The highest BCUT2D eigenvalue weighted by atomic mass is 31.1. The van der Waals surface area contributed by atoms with E-state index in [-0.39, 0.29) is 13.2 Å². The van der Waals surface area contributed by atoms with E-state index < -0.39 is 14.2 Å². The monoisotopic (exact) mass is 220 g/mol. The second-order valence-electron chi connectivity index (χ2n) is 2.68. The highest BCUT2D eigenvalue weighted by molar-refractivity contribution is 7.30. The summed E-state index contributed by atoms with van der Waals surface area (Å²) in [6.45, 7) is 5.36. The molecule has 0 aromatic heterocycles. The number of hydrogen-bond donors (Lipinski definition) is 0. The number of hydrogen-bond acceptors (Lipinski definition) is 5. The molecule has 1 atom stereocenters. The molecule has 80 valence electrons. The van der Waals surface area contributed by atoms with Crippen LogP contribution in [0.3, 0.4) is 0 Å². The summed E-state index contributed by atoms with van der Waals surface area (Å²) in [4.78, 5) is 20.8. The molecule has 0 heterocycles. The number of unbranched alkanes of at least 4 members (excludes halogenated alkanes) is 1. The summed E-state index contributed by atoms with van der Waals surface area (Å²) < 4.78 is 19.0. The third-order valence-electron chi connectivity index (χ3n) is 1.32. The highest BCUT2D eigenvalue weighted by Crippen LogP contribution is 2.09. The Labute approximate surface area is 83.7 Å². The maximum atomic E-state index is 10.8. The Morgan fingerprint density at radius 2 is 2.00 bits per heavy atom. The molecule has 0 amide bonds. The average molecular weight is 220 g/mol. The standard InChI is InChI=1S/C8H13O5P/c1-7(2)8(9)12-5-3-4-6-13-14(10)11/h1,3-6H2,2H3. The van der Waals surface area contributed by atoms with Crippen LogP contribution >= 0.6 is 8.25 Å². The van der Waals surface area contributed by atoms with Crippen molar-refractivity contribution in [2.45, 2.75) is 19.8 Å². The lowest BCUT2D eigenvalue weighted by Gasteiger charge is -2.02. The lowest BCUT2D eigenvalue weighted by Crippen LogP contribution is -2.06. The van der Waals surface area contributed by atoms with E-state index >= 15 is 0 Å². The summed E-state index contributed by atoms with van der Waals surface area (Å²) >= 11 is 0. The van der Waals surface area contributed by atoms with Crippen LogP contribution in [0, 0.1) is 0 Å². The lowest BCUT2D eigenvalue weighted by molar-refractivity contribution is -0.185. The normalized spacial score (nSPS) is 10.9. The molecule has 0 aromatic rings. The zero-order valence-corrected chi connectivity index (χ0v) is 8.92. The van der Waals surface area contributed by atoms with Gasteiger partial charge in [-0.1, -0.05) is 6.58 Å². The molecule has 0 aromatic carbocycles. The molecule has 0 aliphatic heterocycles. The molecule has 0 saturated heterocycles. The molecule has 14 heavy (non-hydrogen) atoms. The van der Waals surface area contributed by atoms with Crippen molar-refractivity contribution >= 4 is 14.2 Å². The molecule has 0 saturated carbocycles. The van der Waals surface area contributed by atoms with Crippen LogP contribution in [-0.4, -0.2) is 19.2 Å². The molecular weight excluding hydrogens is 207 g/mol. The number of carbonyl (C=O) groups is 1. The first-order chi connectivity index (χ1) is 6.54. The molecule has 0 fully saturated rings. The van der Waals surface area contributed by atoms with Crippen LogP contribution in [0.15, 0.2) is 12.2 Å². The quantitative estimate of drug-likeness (QED) is 0.276. The van der Waals surface area contributed by atoms with E-state index in [1.165, 1.54) is 0 Å². The third-order valence-corrected chi connectivity index (χ3v) is 1.71. The zero-order valence-electron chi connectivity index (χ0n) is 8.02. The predicted molar refractivity (Wildman–Crippen MR) is 48.6 cm³/mol. The Morgan fingerprint density at radius 1 is 1.43 bits per heavy atom. The van der Waals surface area contributed by atoms with E-state index in [0.29, 0.717) is 18.4 Å². The number of rotatable bonds is 7. The van der Waals surface area contributed by atoms with Gasteiger partial charge in [-0.25, -0.2) is 4.79 Å². The molecule has 0 bridgehead atoms. The van der Waals surface area contributed by atoms with Gasteiger partial charge in [-0.15, -0.1) is 4.52 Å². The Bertz CT molecular complexity index is 226. The molecule has 0 spiro atoms. The maximum absolute atomic E-state index is 10.8. The Balaban J connectivity index is 3.26. The van der Waals surface area contributed by atoms with E-state index in [2.05, 4.69) is 11.1 Å². The largest absolute Gasteiger partial charge is 0.566 e. The molecule has 0 aliphatic carbocycles. The Hall–Kier alpha value is -0.770. The van der Waals surface area contributed by atoms with Crippen molar-refractivity contribution in [2.24, 2.45) is 0 Å². The number of carbonyl (C=O) groups excluding carboxylic acids is 1. The van der Waals surface area contributed by atoms with Gasteiger partial charge in [0.25, 0.3) is 0 Å². The fourth-order valence-corrected chi connectivity index (χ4v) is 0.909. The van der Waals surface area contributed by atoms with Gasteiger partial charge in [-0.2, -0.15) is 0 Å². The second kappa shape index (κ2) is 7.62. The zero-order chi connectivity index (χ0) is 11.0. The third kappa shape index (κ3) is 7.86. The van der Waals surface area contributed by atoms with E-state index in [1.54, 1.807) is 6.92 Å². The van der Waals surface area contributed by atoms with Crippen LogP contribution in [0.2, 0.25) is 0 Å². The minimum atomic E-state index is -2.77. The number of ether oxygens (including phenoxy) is 1. The van der Waals surface area contributed by atoms with E-state index in [1.807, 2.05) is 0 Å². The van der Waals surface area contributed by atoms with Gasteiger partial charge in [0.1, 0.15) is 6.61 Å². The van der Waals surface area contributed by atoms with Crippen LogP contribution in [0.25, 0.3) is 0 Å². The molecule has 0 aliphatic rings. The fraction of sp³-hybridized carbons (Fsp3) is 0.625. The summed E-state index contributed by atoms with van der Waals surface area (Å²) in [5.74, 6) is -0.430. The van der Waals surface area contributed by atoms with Crippen LogP contribution in [0.1, 0.15) is 19.8 Å². The Morgan fingerprint density at radius 3 is 2.50 bits per heavy atom. The van der Waals surface area contributed by atoms with Gasteiger partial charge < -0.3 is 9.63 Å². The summed E-state index contributed by atoms with van der Waals surface area (Å²) in [5.41, 5.74) is 0.351. The average Bonchev–Trinajstić information content (AvgIpc) is 2.09. The lowest BCUT2D eigenvalue weighted by atomic mass is 10.3. The first-order valence-electron chi connectivity index (χ1n) is 4.14. The van der Waals surface area contributed by atoms with Gasteiger partial charge in [-0.3, -0.25) is 0 Å². The van der Waals surface area contributed by atoms with Gasteiger partial charge in [0.05, 0.1) is 6.61 Å². The molecule has 0 N–H and O–H groups in total. The SMILES string of the molecule is C=C(C)C(=O)OCCCCO[P+](=O)[O-]. The summed E-state index contributed by atoms with van der Waals surface area (Å²) in [6, 6.07) is 0. The van der Waals surface area contributed by atoms with Gasteiger partial charge in [0, 0.05) is 5.57 Å². The van der Waals surface area contributed by atoms with Crippen molar-refractivity contribution in [2.75, 3.05) is 13.2 Å². The van der Waals surface area contributed by atoms with E-state index in [9.17, 15) is 14.3 Å². The van der Waals surface area contributed by atoms with Crippen LogP contribution in [0.5, 0.6) is 0 Å². The van der Waals surface area contributed by atoms with Crippen LogP contribution < -0.4 is 4.89 Å². The fourth-order valence-electron chi connectivity index (χ4n) is 0.631. The van der Waals surface area contributed by atoms with E-state index in [0.717, 1.165) is 0 Å². The number of esters is 1. The second-order valence-corrected chi connectivity index (χ2v) is 3.39. The molecule has 6 heteroatoms. The van der Waals surface area contributed by atoms with Crippen LogP contribution in [0.4, 0.5) is 0 Å². The summed E-state index contributed by atoms with van der Waals surface area (Å²) in [6.07, 6.45) is 1.11. The van der Waals surface area contributed by atoms with Crippen molar-refractivity contribution in [3.8, 4) is 0 Å². The van der Waals surface area contributed by atoms with Crippen molar-refractivity contribution in [1.82, 2.24) is 0 Å². The predicted octanol–water partition coefficient (Wildman–Crippen LogP) is 0.920. The molecule has 5 nitrogen and oxygen atoms in total. The molecule has 1 unspecified atom stereocenters. The first kappa shape index (κ1) is 13.2. The van der Waals surface area contributed by atoms with Gasteiger partial charge in [-0.05, 0) is 24.3 Å². The maximum Gasteiger partial charge on any atom is 0.488 e. The molecule has 0 radical (unpaired) electrons. The summed E-state index contributed by atoms with van der Waals surface area (Å²) in [5, 5.41) is 0. The van der Waals surface area contributed by atoms with Crippen molar-refractivity contribution in [3.05, 3.63) is 12.2 Å². The topological polar surface area (TPSA) is 75.7 Å². The Kier molecular flexibility index (Phi) is 7.20. The first-order valence-corrected chi connectivity index (χ1v) is 5.23. The minimum absolute atomic E-state index is 0.128. The van der Waals surface area contributed by atoms with Crippen LogP contribution in [-0.2, 0) is 18.6 Å². The van der Waals surface area contributed by atoms with Gasteiger partial charge in [0.2, 0.25) is 0 Å². The van der Waals surface area contributed by atoms with Crippen molar-refractivity contribution in [3.63, 3.8) is 0 Å². The molecular formula is C8H13O5P. The molecule has 0 rings (SSSR count). The van der Waals surface area contributed by atoms with E-state index in [4.69, 9.17) is 4.74 Å². The van der Waals surface area contributed by atoms with Crippen molar-refractivity contribution in [1.29, 1.82) is 0 Å². The van der Waals surface area contributed by atoms with Crippen molar-refractivity contribution < 1.29 is 23.5 Å². The van der Waals surface area contributed by atoms with Gasteiger partial charge >= 0.3 is 14.2 Å². The van der Waals surface area contributed by atoms with Gasteiger partial charge in [0.15, 0.2) is 0 Å². The smallest absolute Gasteiger partial charge is 0.488 e. The minimum Gasteiger partial charge on any atom is -0.566 e. The summed E-state index contributed by atoms with van der Waals surface area (Å²) in [7, 11) is -2.77.